The van der Waals surface area contributed by atoms with Gasteiger partial charge in [0, 0.05) is 29.5 Å². The topological polar surface area (TPSA) is 72.7 Å². The van der Waals surface area contributed by atoms with E-state index in [0.717, 1.165) is 16.9 Å². The number of aryl methyl sites for hydroxylation is 1. The highest BCUT2D eigenvalue weighted by Gasteiger charge is 2.31. The second-order valence-electron chi connectivity index (χ2n) is 5.86. The zero-order chi connectivity index (χ0) is 18.7. The largest absolute Gasteiger partial charge is 0.484 e. The lowest BCUT2D eigenvalue weighted by Crippen LogP contribution is -2.34. The Morgan fingerprint density at radius 1 is 1.35 bits per heavy atom. The van der Waals surface area contributed by atoms with Gasteiger partial charge in [0.25, 0.3) is 11.6 Å². The van der Waals surface area contributed by atoms with Crippen LogP contribution in [0.15, 0.2) is 42.5 Å². The summed E-state index contributed by atoms with van der Waals surface area (Å²) in [6.45, 7) is 2.43. The molecule has 0 spiro atoms. The number of nitro benzene ring substituents is 1. The number of non-ortho nitro benzene ring substituents is 1. The predicted molar refractivity (Wildman–Crippen MR) is 102 cm³/mol. The van der Waals surface area contributed by atoms with E-state index in [9.17, 15) is 14.9 Å². The van der Waals surface area contributed by atoms with Gasteiger partial charge in [-0.1, -0.05) is 11.6 Å². The summed E-state index contributed by atoms with van der Waals surface area (Å²) < 4.78 is 5.60. The van der Waals surface area contributed by atoms with Gasteiger partial charge in [-0.25, -0.2) is 0 Å². The molecule has 1 aliphatic heterocycles. The van der Waals surface area contributed by atoms with E-state index in [2.05, 4.69) is 0 Å². The minimum Gasteiger partial charge on any atom is -0.484 e. The summed E-state index contributed by atoms with van der Waals surface area (Å²) in [5, 5.41) is 11.3. The number of ether oxygens (including phenoxy) is 1. The third-order valence-electron chi connectivity index (χ3n) is 4.09. The van der Waals surface area contributed by atoms with Crippen LogP contribution in [0.2, 0.25) is 5.02 Å². The van der Waals surface area contributed by atoms with Crippen molar-refractivity contribution in [1.82, 2.24) is 4.90 Å². The second-order valence-corrected chi connectivity index (χ2v) is 7.45. The summed E-state index contributed by atoms with van der Waals surface area (Å²) in [7, 11) is 0. The van der Waals surface area contributed by atoms with Crippen molar-refractivity contribution < 1.29 is 14.5 Å². The van der Waals surface area contributed by atoms with Gasteiger partial charge < -0.3 is 9.64 Å². The van der Waals surface area contributed by atoms with Crippen LogP contribution in [0.4, 0.5) is 5.69 Å². The third-order valence-corrected chi connectivity index (χ3v) is 5.78. The average molecular weight is 393 g/mol. The summed E-state index contributed by atoms with van der Waals surface area (Å²) >= 11 is 7.62. The molecule has 8 heteroatoms. The maximum atomic E-state index is 12.6. The Hall–Kier alpha value is -2.25. The molecule has 0 bridgehead atoms. The number of carbonyl (C=O) groups excluding carboxylic acids is 1. The van der Waals surface area contributed by atoms with E-state index in [1.807, 2.05) is 6.92 Å². The van der Waals surface area contributed by atoms with Crippen molar-refractivity contribution in [2.45, 2.75) is 12.3 Å². The first-order chi connectivity index (χ1) is 12.5. The number of hydrogen-bond acceptors (Lipinski definition) is 5. The fraction of sp³-hybridized carbons (Fsp3) is 0.278. The number of nitrogens with zero attached hydrogens (tertiary/aromatic N) is 2. The van der Waals surface area contributed by atoms with Gasteiger partial charge in [-0.3, -0.25) is 14.9 Å². The standard InChI is InChI=1S/C18H17ClN2O4S/c1-12-10-15(6-7-16(12)19)25-11-17(22)20-8-9-26-18(20)13-2-4-14(5-3-13)21(23)24/h2-7,10,18H,8-9,11H2,1H3/t18-/m1/s1. The van der Waals surface area contributed by atoms with Gasteiger partial charge in [0.1, 0.15) is 11.1 Å². The monoisotopic (exact) mass is 392 g/mol. The Morgan fingerprint density at radius 2 is 2.08 bits per heavy atom. The summed E-state index contributed by atoms with van der Waals surface area (Å²) in [6, 6.07) is 11.6. The molecule has 0 aromatic heterocycles. The Morgan fingerprint density at radius 3 is 2.73 bits per heavy atom. The van der Waals surface area contributed by atoms with Crippen LogP contribution in [-0.4, -0.2) is 34.6 Å². The normalized spacial score (nSPS) is 16.5. The molecule has 1 aliphatic rings. The number of hydrogen-bond donors (Lipinski definition) is 0. The van der Waals surface area contributed by atoms with E-state index in [1.54, 1.807) is 47.0 Å². The molecule has 136 valence electrons. The fourth-order valence-electron chi connectivity index (χ4n) is 2.70. The first kappa shape index (κ1) is 18.5. The van der Waals surface area contributed by atoms with Crippen LogP contribution in [0.25, 0.3) is 0 Å². The van der Waals surface area contributed by atoms with Crippen molar-refractivity contribution in [3.05, 3.63) is 68.7 Å². The average Bonchev–Trinajstić information content (AvgIpc) is 3.12. The fourth-order valence-corrected chi connectivity index (χ4v) is 4.09. The van der Waals surface area contributed by atoms with E-state index < -0.39 is 4.92 Å². The molecular weight excluding hydrogens is 376 g/mol. The summed E-state index contributed by atoms with van der Waals surface area (Å²) in [6.07, 6.45) is 0. The van der Waals surface area contributed by atoms with Gasteiger partial charge in [0.05, 0.1) is 4.92 Å². The molecular formula is C18H17ClN2O4S. The molecule has 1 amide bonds. The number of benzene rings is 2. The molecule has 0 radical (unpaired) electrons. The van der Waals surface area contributed by atoms with Crippen LogP contribution in [0.3, 0.4) is 0 Å². The van der Waals surface area contributed by atoms with Crippen molar-refractivity contribution in [2.75, 3.05) is 18.9 Å². The highest BCUT2D eigenvalue weighted by atomic mass is 35.5. The van der Waals surface area contributed by atoms with Crippen LogP contribution in [0.5, 0.6) is 5.75 Å². The van der Waals surface area contributed by atoms with E-state index in [1.165, 1.54) is 12.1 Å². The molecule has 0 N–H and O–H groups in total. The number of nitro groups is 1. The van der Waals surface area contributed by atoms with Gasteiger partial charge in [-0.05, 0) is 48.4 Å². The van der Waals surface area contributed by atoms with E-state index in [4.69, 9.17) is 16.3 Å². The smallest absolute Gasteiger partial charge is 0.269 e. The first-order valence-corrected chi connectivity index (χ1v) is 9.43. The van der Waals surface area contributed by atoms with Crippen LogP contribution in [-0.2, 0) is 4.79 Å². The number of thioether (sulfide) groups is 1. The lowest BCUT2D eigenvalue weighted by atomic mass is 10.2. The molecule has 1 fully saturated rings. The quantitative estimate of drug-likeness (QED) is 0.563. The Labute approximate surface area is 160 Å². The van der Waals surface area contributed by atoms with Crippen molar-refractivity contribution in [3.63, 3.8) is 0 Å². The maximum absolute atomic E-state index is 12.6. The summed E-state index contributed by atoms with van der Waals surface area (Å²) in [5.41, 5.74) is 1.79. The first-order valence-electron chi connectivity index (χ1n) is 8.00. The number of amides is 1. The Kier molecular flexibility index (Phi) is 5.68. The van der Waals surface area contributed by atoms with Crippen molar-refractivity contribution >= 4 is 35.0 Å². The second kappa shape index (κ2) is 7.97. The van der Waals surface area contributed by atoms with E-state index >= 15 is 0 Å². The lowest BCUT2D eigenvalue weighted by molar-refractivity contribution is -0.384. The molecule has 1 atom stereocenters. The molecule has 0 saturated carbocycles. The van der Waals surface area contributed by atoms with Crippen molar-refractivity contribution in [2.24, 2.45) is 0 Å². The highest BCUT2D eigenvalue weighted by Crippen LogP contribution is 2.38. The van der Waals surface area contributed by atoms with Gasteiger partial charge in [0.2, 0.25) is 0 Å². The zero-order valence-corrected chi connectivity index (χ0v) is 15.6. The molecule has 1 heterocycles. The molecule has 26 heavy (non-hydrogen) atoms. The van der Waals surface area contributed by atoms with Gasteiger partial charge >= 0.3 is 0 Å². The molecule has 2 aromatic rings. The molecule has 3 rings (SSSR count). The van der Waals surface area contributed by atoms with Gasteiger partial charge in [-0.15, -0.1) is 11.8 Å². The van der Waals surface area contributed by atoms with Crippen LogP contribution in [0, 0.1) is 17.0 Å². The molecule has 0 aliphatic carbocycles. The van der Waals surface area contributed by atoms with Crippen LogP contribution >= 0.6 is 23.4 Å². The number of halogens is 1. The summed E-state index contributed by atoms with van der Waals surface area (Å²) in [5.74, 6) is 1.29. The Balaban J connectivity index is 1.66. The molecule has 0 unspecified atom stereocenters. The predicted octanol–water partition coefficient (Wildman–Crippen LogP) is 4.21. The van der Waals surface area contributed by atoms with E-state index in [-0.39, 0.29) is 23.6 Å². The molecule has 1 saturated heterocycles. The minimum atomic E-state index is -0.434. The minimum absolute atomic E-state index is 0.0380. The maximum Gasteiger partial charge on any atom is 0.269 e. The number of carbonyl (C=O) groups is 1. The van der Waals surface area contributed by atoms with Crippen LogP contribution < -0.4 is 4.74 Å². The third kappa shape index (κ3) is 4.11. The SMILES string of the molecule is Cc1cc(OCC(=O)N2CCS[C@@H]2c2ccc([N+](=O)[O-])cc2)ccc1Cl. The molecule has 2 aromatic carbocycles. The number of rotatable bonds is 5. The van der Waals surface area contributed by atoms with Gasteiger partial charge in [-0.2, -0.15) is 0 Å². The van der Waals surface area contributed by atoms with Crippen LogP contribution in [0.1, 0.15) is 16.5 Å². The van der Waals surface area contributed by atoms with Crippen molar-refractivity contribution in [3.8, 4) is 5.75 Å². The van der Waals surface area contributed by atoms with E-state index in [0.29, 0.717) is 17.3 Å². The zero-order valence-electron chi connectivity index (χ0n) is 14.1. The summed E-state index contributed by atoms with van der Waals surface area (Å²) in [4.78, 5) is 24.7. The highest BCUT2D eigenvalue weighted by molar-refractivity contribution is 7.99. The van der Waals surface area contributed by atoms with Crippen molar-refractivity contribution in [1.29, 1.82) is 0 Å². The molecule has 6 nitrogen and oxygen atoms in total. The lowest BCUT2D eigenvalue weighted by Gasteiger charge is -2.24. The van der Waals surface area contributed by atoms with Gasteiger partial charge in [0.15, 0.2) is 6.61 Å². The Bertz CT molecular complexity index is 828.